The second-order valence-corrected chi connectivity index (χ2v) is 4.50. The number of hydrogen-bond acceptors (Lipinski definition) is 1. The first-order chi connectivity index (χ1) is 9.83. The van der Waals surface area contributed by atoms with E-state index < -0.39 is 0 Å². The van der Waals surface area contributed by atoms with Gasteiger partial charge in [0.2, 0.25) is 0 Å². The fourth-order valence-corrected chi connectivity index (χ4v) is 2.03. The van der Waals surface area contributed by atoms with Crippen LogP contribution >= 0.6 is 0 Å². The van der Waals surface area contributed by atoms with E-state index in [1.807, 2.05) is 54.7 Å². The predicted octanol–water partition coefficient (Wildman–Crippen LogP) is 4.40. The van der Waals surface area contributed by atoms with Gasteiger partial charge in [-0.2, -0.15) is 0 Å². The maximum Gasteiger partial charge on any atom is 0.165 e. The molecule has 20 heavy (non-hydrogen) atoms. The summed E-state index contributed by atoms with van der Waals surface area (Å²) >= 11 is 0. The molecule has 2 nitrogen and oxygen atoms in total. The Morgan fingerprint density at radius 2 is 1.80 bits per heavy atom. The van der Waals surface area contributed by atoms with Crippen molar-refractivity contribution >= 4 is 0 Å². The Morgan fingerprint density at radius 1 is 0.950 bits per heavy atom. The van der Waals surface area contributed by atoms with Crippen LogP contribution in [0, 0.1) is 5.82 Å². The maximum atomic E-state index is 14.0. The van der Waals surface area contributed by atoms with E-state index in [0.29, 0.717) is 6.61 Å². The third-order valence-corrected chi connectivity index (χ3v) is 3.08. The van der Waals surface area contributed by atoms with Crippen LogP contribution in [-0.4, -0.2) is 4.98 Å². The fraction of sp³-hybridized carbons (Fsp3) is 0.0588. The number of ether oxygens (including phenoxy) is 1. The number of nitrogens with one attached hydrogen (secondary N) is 1. The van der Waals surface area contributed by atoms with Gasteiger partial charge in [0.1, 0.15) is 6.61 Å². The molecule has 0 bridgehead atoms. The number of H-pyrrole nitrogens is 1. The average Bonchev–Trinajstić information content (AvgIpc) is 3.01. The third-order valence-electron chi connectivity index (χ3n) is 3.08. The summed E-state index contributed by atoms with van der Waals surface area (Å²) in [6.45, 7) is 0.361. The highest BCUT2D eigenvalue weighted by Crippen LogP contribution is 2.25. The summed E-state index contributed by atoms with van der Waals surface area (Å²) in [6, 6.07) is 18.5. The number of aromatic amines is 1. The summed E-state index contributed by atoms with van der Waals surface area (Å²) in [6.07, 6.45) is 1.81. The zero-order valence-electron chi connectivity index (χ0n) is 10.8. The molecule has 3 rings (SSSR count). The molecule has 0 spiro atoms. The number of hydrogen-bond donors (Lipinski definition) is 1. The van der Waals surface area contributed by atoms with Gasteiger partial charge in [-0.3, -0.25) is 0 Å². The second kappa shape index (κ2) is 5.61. The average molecular weight is 267 g/mol. The molecule has 3 aromatic rings. The summed E-state index contributed by atoms with van der Waals surface area (Å²) in [5.74, 6) is -0.0859. The van der Waals surface area contributed by atoms with Crippen molar-refractivity contribution in [2.24, 2.45) is 0 Å². The monoisotopic (exact) mass is 267 g/mol. The molecule has 0 aliphatic carbocycles. The van der Waals surface area contributed by atoms with Crippen molar-refractivity contribution in [2.45, 2.75) is 6.61 Å². The molecule has 0 saturated carbocycles. The van der Waals surface area contributed by atoms with Gasteiger partial charge in [0.15, 0.2) is 11.6 Å². The molecule has 0 atom stereocenters. The van der Waals surface area contributed by atoms with Crippen molar-refractivity contribution in [2.75, 3.05) is 0 Å². The lowest BCUT2D eigenvalue weighted by Gasteiger charge is -2.08. The van der Waals surface area contributed by atoms with Crippen LogP contribution in [0.5, 0.6) is 5.75 Å². The molecule has 1 aromatic heterocycles. The molecular formula is C17H14FNO. The van der Waals surface area contributed by atoms with Crippen molar-refractivity contribution in [1.82, 2.24) is 4.98 Å². The van der Waals surface area contributed by atoms with E-state index >= 15 is 0 Å². The van der Waals surface area contributed by atoms with Crippen LogP contribution in [0.3, 0.4) is 0 Å². The number of rotatable bonds is 4. The molecule has 2 aromatic carbocycles. The molecule has 0 unspecified atom stereocenters. The van der Waals surface area contributed by atoms with E-state index in [9.17, 15) is 4.39 Å². The van der Waals surface area contributed by atoms with Crippen LogP contribution in [0.4, 0.5) is 4.39 Å². The molecule has 0 saturated heterocycles. The van der Waals surface area contributed by atoms with Gasteiger partial charge in [0.05, 0.1) is 0 Å². The topological polar surface area (TPSA) is 25.0 Å². The quantitative estimate of drug-likeness (QED) is 0.744. The van der Waals surface area contributed by atoms with Crippen LogP contribution in [0.2, 0.25) is 0 Å². The smallest absolute Gasteiger partial charge is 0.165 e. The highest BCUT2D eigenvalue weighted by atomic mass is 19.1. The van der Waals surface area contributed by atoms with Gasteiger partial charge >= 0.3 is 0 Å². The normalized spacial score (nSPS) is 10.4. The Labute approximate surface area is 116 Å². The van der Waals surface area contributed by atoms with Crippen molar-refractivity contribution in [3.8, 4) is 17.0 Å². The van der Waals surface area contributed by atoms with Crippen molar-refractivity contribution < 1.29 is 9.13 Å². The van der Waals surface area contributed by atoms with Crippen molar-refractivity contribution in [3.05, 3.63) is 78.2 Å². The Kier molecular flexibility index (Phi) is 3.50. The Hall–Kier alpha value is -2.55. The number of aromatic nitrogens is 1. The molecule has 1 heterocycles. The Morgan fingerprint density at radius 3 is 2.50 bits per heavy atom. The SMILES string of the molecule is Fc1cc(-c2ccc[nH]2)ccc1OCc1ccccc1. The van der Waals surface area contributed by atoms with Crippen molar-refractivity contribution in [1.29, 1.82) is 0 Å². The first-order valence-electron chi connectivity index (χ1n) is 6.43. The first-order valence-corrected chi connectivity index (χ1v) is 6.43. The molecule has 100 valence electrons. The summed E-state index contributed by atoms with van der Waals surface area (Å²) in [5, 5.41) is 0. The molecule has 0 fully saturated rings. The van der Waals surface area contributed by atoms with Crippen molar-refractivity contribution in [3.63, 3.8) is 0 Å². The summed E-state index contributed by atoms with van der Waals surface area (Å²) in [7, 11) is 0. The van der Waals surface area contributed by atoms with E-state index in [0.717, 1.165) is 16.8 Å². The van der Waals surface area contributed by atoms with Gasteiger partial charge in [-0.1, -0.05) is 30.3 Å². The van der Waals surface area contributed by atoms with Crippen LogP contribution in [0.15, 0.2) is 66.9 Å². The zero-order chi connectivity index (χ0) is 13.8. The largest absolute Gasteiger partial charge is 0.486 e. The van der Waals surface area contributed by atoms with E-state index in [4.69, 9.17) is 4.74 Å². The fourth-order valence-electron chi connectivity index (χ4n) is 2.03. The minimum Gasteiger partial charge on any atom is -0.486 e. The van der Waals surface area contributed by atoms with Crippen LogP contribution in [0.25, 0.3) is 11.3 Å². The molecule has 1 N–H and O–H groups in total. The van der Waals surface area contributed by atoms with Crippen LogP contribution in [-0.2, 0) is 6.61 Å². The lowest BCUT2D eigenvalue weighted by Crippen LogP contribution is -1.97. The van der Waals surface area contributed by atoms with Gasteiger partial charge in [-0.25, -0.2) is 4.39 Å². The summed E-state index contributed by atoms with van der Waals surface area (Å²) in [5.41, 5.74) is 2.71. The summed E-state index contributed by atoms with van der Waals surface area (Å²) in [4.78, 5) is 3.05. The molecule has 0 amide bonds. The Balaban J connectivity index is 1.75. The number of halogens is 1. The molecular weight excluding hydrogens is 253 g/mol. The maximum absolute atomic E-state index is 14.0. The van der Waals surface area contributed by atoms with Gasteiger partial charge < -0.3 is 9.72 Å². The zero-order valence-corrected chi connectivity index (χ0v) is 10.8. The van der Waals surface area contributed by atoms with Crippen LogP contribution in [0.1, 0.15) is 5.56 Å². The second-order valence-electron chi connectivity index (χ2n) is 4.50. The number of benzene rings is 2. The van der Waals surface area contributed by atoms with E-state index in [2.05, 4.69) is 4.98 Å². The molecule has 0 radical (unpaired) electrons. The summed E-state index contributed by atoms with van der Waals surface area (Å²) < 4.78 is 19.5. The predicted molar refractivity (Wildman–Crippen MR) is 77.0 cm³/mol. The highest BCUT2D eigenvalue weighted by Gasteiger charge is 2.07. The molecule has 0 aliphatic rings. The third kappa shape index (κ3) is 2.72. The first kappa shape index (κ1) is 12.5. The van der Waals surface area contributed by atoms with Gasteiger partial charge in [-0.05, 0) is 35.9 Å². The van der Waals surface area contributed by atoms with Gasteiger partial charge in [-0.15, -0.1) is 0 Å². The molecule has 3 heteroatoms. The molecule has 0 aliphatic heterocycles. The van der Waals surface area contributed by atoms with Gasteiger partial charge in [0.25, 0.3) is 0 Å². The van der Waals surface area contributed by atoms with E-state index in [1.54, 1.807) is 6.07 Å². The minimum atomic E-state index is -0.354. The highest BCUT2D eigenvalue weighted by molar-refractivity contribution is 5.60. The lowest BCUT2D eigenvalue weighted by atomic mass is 10.1. The van der Waals surface area contributed by atoms with Crippen LogP contribution < -0.4 is 4.74 Å². The lowest BCUT2D eigenvalue weighted by molar-refractivity contribution is 0.290. The van der Waals surface area contributed by atoms with E-state index in [-0.39, 0.29) is 11.6 Å². The Bertz CT molecular complexity index is 677. The standard InChI is InChI=1S/C17H14FNO/c18-15-11-14(16-7-4-10-19-16)8-9-17(15)20-12-13-5-2-1-3-6-13/h1-11,19H,12H2. The minimum absolute atomic E-state index is 0.268. The van der Waals surface area contributed by atoms with Gasteiger partial charge in [0, 0.05) is 17.5 Å². The van der Waals surface area contributed by atoms with E-state index in [1.165, 1.54) is 6.07 Å².